The lowest BCUT2D eigenvalue weighted by Crippen LogP contribution is -2.43. The normalized spacial score (nSPS) is 14.4. The summed E-state index contributed by atoms with van der Waals surface area (Å²) in [6, 6.07) is 9.21. The Bertz CT molecular complexity index is 648. The fraction of sp³-hybridized carbons (Fsp3) is 0.550. The highest BCUT2D eigenvalue weighted by Gasteiger charge is 2.16. The number of esters is 1. The molecule has 7 nitrogen and oxygen atoms in total. The van der Waals surface area contributed by atoms with Gasteiger partial charge in [0.1, 0.15) is 0 Å². The van der Waals surface area contributed by atoms with Crippen molar-refractivity contribution in [2.75, 3.05) is 53.0 Å². The number of benzene rings is 1. The van der Waals surface area contributed by atoms with Crippen LogP contribution < -0.4 is 0 Å². The number of nitrogens with zero attached hydrogens (tertiary/aromatic N) is 3. The van der Waals surface area contributed by atoms with Crippen molar-refractivity contribution in [3.63, 3.8) is 0 Å². The molecule has 0 spiro atoms. The van der Waals surface area contributed by atoms with E-state index in [-0.39, 0.29) is 11.9 Å². The summed E-state index contributed by atoms with van der Waals surface area (Å²) in [5.74, 6) is -0.320. The fourth-order valence-electron chi connectivity index (χ4n) is 2.97. The molecule has 0 N–H and O–H groups in total. The number of carbonyl (C=O) groups is 2. The molecular weight excluding hydrogens is 346 g/mol. The Kier molecular flexibility index (Phi) is 8.75. The van der Waals surface area contributed by atoms with E-state index in [1.807, 2.05) is 12.1 Å². The van der Waals surface area contributed by atoms with Crippen molar-refractivity contribution in [1.82, 2.24) is 9.80 Å². The van der Waals surface area contributed by atoms with E-state index in [9.17, 15) is 9.59 Å². The Balaban J connectivity index is 1.84. The first-order chi connectivity index (χ1) is 13.1. The summed E-state index contributed by atoms with van der Waals surface area (Å²) in [6.45, 7) is 5.11. The van der Waals surface area contributed by atoms with Crippen LogP contribution in [0.5, 0.6) is 0 Å². The predicted octanol–water partition coefficient (Wildman–Crippen LogP) is 1.48. The Morgan fingerprint density at radius 1 is 1.22 bits per heavy atom. The van der Waals surface area contributed by atoms with E-state index < -0.39 is 0 Å². The van der Waals surface area contributed by atoms with Crippen molar-refractivity contribution in [3.8, 4) is 6.07 Å². The van der Waals surface area contributed by atoms with E-state index in [2.05, 4.69) is 15.7 Å². The molecule has 2 rings (SSSR count). The van der Waals surface area contributed by atoms with Crippen molar-refractivity contribution >= 4 is 11.9 Å². The van der Waals surface area contributed by atoms with Gasteiger partial charge in [0.25, 0.3) is 0 Å². The second kappa shape index (κ2) is 11.3. The molecule has 0 aromatic heterocycles. The van der Waals surface area contributed by atoms with E-state index in [0.717, 1.165) is 38.4 Å². The Labute approximate surface area is 160 Å². The number of ether oxygens (including phenoxy) is 2. The van der Waals surface area contributed by atoms with Crippen LogP contribution in [0.4, 0.5) is 0 Å². The van der Waals surface area contributed by atoms with Crippen LogP contribution in [0.15, 0.2) is 24.3 Å². The summed E-state index contributed by atoms with van der Waals surface area (Å²) in [5, 5.41) is 8.86. The molecule has 1 aromatic carbocycles. The zero-order valence-electron chi connectivity index (χ0n) is 15.9. The van der Waals surface area contributed by atoms with Crippen molar-refractivity contribution in [3.05, 3.63) is 35.4 Å². The minimum absolute atomic E-state index is 0.0514. The molecule has 0 unspecified atom stereocenters. The average Bonchev–Trinajstić information content (AvgIpc) is 2.72. The summed E-state index contributed by atoms with van der Waals surface area (Å²) >= 11 is 0. The summed E-state index contributed by atoms with van der Waals surface area (Å²) in [4.78, 5) is 28.1. The van der Waals surface area contributed by atoms with E-state index in [1.54, 1.807) is 17.0 Å². The van der Waals surface area contributed by atoms with Gasteiger partial charge < -0.3 is 14.4 Å². The highest BCUT2D eigenvalue weighted by molar-refractivity contribution is 5.89. The SMILES string of the molecule is COC(=O)c1ccc(CCC(=O)N(CCC#N)CCN2CCOCC2)cc1. The van der Waals surface area contributed by atoms with Gasteiger partial charge in [-0.2, -0.15) is 5.26 Å². The van der Waals surface area contributed by atoms with Gasteiger partial charge in [0, 0.05) is 39.1 Å². The predicted molar refractivity (Wildman–Crippen MR) is 100 cm³/mol. The molecule has 0 bridgehead atoms. The maximum Gasteiger partial charge on any atom is 0.337 e. The van der Waals surface area contributed by atoms with Crippen molar-refractivity contribution in [1.29, 1.82) is 5.26 Å². The molecule has 146 valence electrons. The van der Waals surface area contributed by atoms with Crippen LogP contribution in [0.3, 0.4) is 0 Å². The van der Waals surface area contributed by atoms with E-state index in [0.29, 0.717) is 37.9 Å². The monoisotopic (exact) mass is 373 g/mol. The first-order valence-electron chi connectivity index (χ1n) is 9.26. The topological polar surface area (TPSA) is 82.9 Å². The Morgan fingerprint density at radius 2 is 1.93 bits per heavy atom. The second-order valence-electron chi connectivity index (χ2n) is 6.43. The quantitative estimate of drug-likeness (QED) is 0.610. The molecule has 1 saturated heterocycles. The molecule has 0 saturated carbocycles. The largest absolute Gasteiger partial charge is 0.465 e. The van der Waals surface area contributed by atoms with Crippen LogP contribution >= 0.6 is 0 Å². The maximum atomic E-state index is 12.6. The first kappa shape index (κ1) is 20.9. The van der Waals surface area contributed by atoms with Crippen LogP contribution in [-0.4, -0.2) is 74.7 Å². The molecule has 27 heavy (non-hydrogen) atoms. The minimum Gasteiger partial charge on any atom is -0.465 e. The molecular formula is C20H27N3O4. The van der Waals surface area contributed by atoms with Crippen molar-refractivity contribution in [2.45, 2.75) is 19.3 Å². The minimum atomic E-state index is -0.372. The van der Waals surface area contributed by atoms with Crippen molar-refractivity contribution < 1.29 is 19.1 Å². The molecule has 0 atom stereocenters. The third-order valence-electron chi connectivity index (χ3n) is 4.64. The number of carbonyl (C=O) groups excluding carboxylic acids is 2. The number of methoxy groups -OCH3 is 1. The van der Waals surface area contributed by atoms with Gasteiger partial charge in [0.05, 0.1) is 38.4 Å². The number of rotatable bonds is 9. The molecule has 1 aliphatic heterocycles. The highest BCUT2D eigenvalue weighted by Crippen LogP contribution is 2.10. The summed E-state index contributed by atoms with van der Waals surface area (Å²) < 4.78 is 10.0. The van der Waals surface area contributed by atoms with E-state index in [1.165, 1.54) is 7.11 Å². The molecule has 1 aromatic rings. The van der Waals surface area contributed by atoms with E-state index in [4.69, 9.17) is 10.00 Å². The third kappa shape index (κ3) is 7.00. The van der Waals surface area contributed by atoms with Gasteiger partial charge in [-0.1, -0.05) is 12.1 Å². The van der Waals surface area contributed by atoms with Crippen LogP contribution in [0, 0.1) is 11.3 Å². The summed E-state index contributed by atoms with van der Waals surface area (Å²) in [7, 11) is 1.35. The Morgan fingerprint density at radius 3 is 2.56 bits per heavy atom. The maximum absolute atomic E-state index is 12.6. The smallest absolute Gasteiger partial charge is 0.337 e. The summed E-state index contributed by atoms with van der Waals surface area (Å²) in [5.41, 5.74) is 1.48. The molecule has 1 fully saturated rings. The zero-order valence-corrected chi connectivity index (χ0v) is 15.9. The van der Waals surface area contributed by atoms with Crippen LogP contribution in [0.25, 0.3) is 0 Å². The van der Waals surface area contributed by atoms with Gasteiger partial charge in [-0.05, 0) is 24.1 Å². The van der Waals surface area contributed by atoms with Gasteiger partial charge in [0.15, 0.2) is 0 Å². The van der Waals surface area contributed by atoms with Crippen molar-refractivity contribution in [2.24, 2.45) is 0 Å². The lowest BCUT2D eigenvalue weighted by Gasteiger charge is -2.30. The number of morpholine rings is 1. The van der Waals surface area contributed by atoms with Crippen LogP contribution in [0.2, 0.25) is 0 Å². The van der Waals surface area contributed by atoms with Crippen LogP contribution in [-0.2, 0) is 20.7 Å². The van der Waals surface area contributed by atoms with Gasteiger partial charge in [0.2, 0.25) is 5.91 Å². The number of aryl methyl sites for hydroxylation is 1. The first-order valence-corrected chi connectivity index (χ1v) is 9.26. The molecule has 1 amide bonds. The standard InChI is InChI=1S/C20H27N3O4/c1-26-20(25)18-6-3-17(4-7-18)5-8-19(24)23(10-2-9-21)12-11-22-13-15-27-16-14-22/h3-4,6-7H,2,5,8,10-16H2,1H3. The number of hydrogen-bond acceptors (Lipinski definition) is 6. The fourth-order valence-corrected chi connectivity index (χ4v) is 2.97. The Hall–Kier alpha value is -2.43. The van der Waals surface area contributed by atoms with E-state index >= 15 is 0 Å². The molecule has 1 heterocycles. The third-order valence-corrected chi connectivity index (χ3v) is 4.64. The van der Waals surface area contributed by atoms with Gasteiger partial charge in [-0.25, -0.2) is 4.79 Å². The molecule has 7 heteroatoms. The number of nitriles is 1. The molecule has 1 aliphatic rings. The number of hydrogen-bond donors (Lipinski definition) is 0. The van der Waals surface area contributed by atoms with Gasteiger partial charge in [-0.3, -0.25) is 9.69 Å². The summed E-state index contributed by atoms with van der Waals surface area (Å²) in [6.07, 6.45) is 1.32. The number of amides is 1. The average molecular weight is 373 g/mol. The van der Waals surface area contributed by atoms with Crippen LogP contribution in [0.1, 0.15) is 28.8 Å². The highest BCUT2D eigenvalue weighted by atomic mass is 16.5. The van der Waals surface area contributed by atoms with Gasteiger partial charge in [-0.15, -0.1) is 0 Å². The lowest BCUT2D eigenvalue weighted by atomic mass is 10.1. The zero-order chi connectivity index (χ0) is 19.5. The second-order valence-corrected chi connectivity index (χ2v) is 6.43. The lowest BCUT2D eigenvalue weighted by molar-refractivity contribution is -0.131. The molecule has 0 aliphatic carbocycles. The molecule has 0 radical (unpaired) electrons. The van der Waals surface area contributed by atoms with Gasteiger partial charge >= 0.3 is 5.97 Å².